The van der Waals surface area contributed by atoms with Crippen molar-refractivity contribution >= 4 is 35.4 Å². The summed E-state index contributed by atoms with van der Waals surface area (Å²) in [7, 11) is 3.38. The normalized spacial score (nSPS) is 23.3. The highest BCUT2D eigenvalue weighted by Gasteiger charge is 2.45. The van der Waals surface area contributed by atoms with Gasteiger partial charge in [-0.2, -0.15) is 0 Å². The van der Waals surface area contributed by atoms with Gasteiger partial charge in [0.15, 0.2) is 0 Å². The second kappa shape index (κ2) is 24.8. The van der Waals surface area contributed by atoms with E-state index in [-0.39, 0.29) is 60.9 Å². The topological polar surface area (TPSA) is 200 Å². The summed E-state index contributed by atoms with van der Waals surface area (Å²) in [6, 6.07) is 11.0. The summed E-state index contributed by atoms with van der Waals surface area (Å²) < 4.78 is 12.7. The van der Waals surface area contributed by atoms with Gasteiger partial charge in [-0.05, 0) is 124 Å². The van der Waals surface area contributed by atoms with Gasteiger partial charge in [-0.3, -0.25) is 28.8 Å². The zero-order valence-corrected chi connectivity index (χ0v) is 44.0. The molecule has 6 rings (SSSR count). The first-order valence-corrected chi connectivity index (χ1v) is 25.8. The van der Waals surface area contributed by atoms with E-state index in [9.17, 15) is 28.8 Å². The van der Waals surface area contributed by atoms with Crippen LogP contribution in [0.4, 0.5) is 0 Å². The summed E-state index contributed by atoms with van der Waals surface area (Å²) in [5.41, 5.74) is 2.99. The predicted molar refractivity (Wildman–Crippen MR) is 276 cm³/mol. The number of ether oxygens (including phenoxy) is 2. The third-order valence-corrected chi connectivity index (χ3v) is 14.6. The van der Waals surface area contributed by atoms with E-state index in [1.54, 1.807) is 37.7 Å². The summed E-state index contributed by atoms with van der Waals surface area (Å²) in [6.45, 7) is 15.9. The maximum atomic E-state index is 14.2. The monoisotopic (exact) mass is 991 g/mol. The Hall–Kier alpha value is -5.78. The van der Waals surface area contributed by atoms with Gasteiger partial charge in [0.1, 0.15) is 37.4 Å². The molecule has 2 aromatic rings. The minimum absolute atomic E-state index is 0.0763. The van der Waals surface area contributed by atoms with Crippen molar-refractivity contribution in [3.8, 4) is 23.7 Å². The van der Waals surface area contributed by atoms with Crippen molar-refractivity contribution in [1.29, 1.82) is 0 Å². The van der Waals surface area contributed by atoms with Gasteiger partial charge in [-0.1, -0.05) is 102 Å². The number of likely N-dealkylation sites (N-methyl/N-ethyl adjacent to an activating group) is 2. The number of carbonyl (C=O) groups is 6. The largest absolute Gasteiger partial charge is 0.363 e. The first kappa shape index (κ1) is 55.5. The van der Waals surface area contributed by atoms with E-state index in [1.165, 1.54) is 0 Å². The fourth-order valence-electron chi connectivity index (χ4n) is 10.1. The van der Waals surface area contributed by atoms with Gasteiger partial charge in [0.25, 0.3) is 0 Å². The van der Waals surface area contributed by atoms with Crippen molar-refractivity contribution in [2.45, 2.75) is 167 Å². The third-order valence-electron chi connectivity index (χ3n) is 14.6. The molecule has 2 heterocycles. The van der Waals surface area contributed by atoms with Crippen molar-refractivity contribution in [1.82, 2.24) is 41.7 Å². The number of likely N-dealkylation sites (tertiary alicyclic amines) is 2. The van der Waals surface area contributed by atoms with E-state index in [4.69, 9.17) is 9.47 Å². The zero-order valence-electron chi connectivity index (χ0n) is 44.0. The van der Waals surface area contributed by atoms with Crippen molar-refractivity contribution in [3.05, 3.63) is 70.8 Å². The van der Waals surface area contributed by atoms with Crippen LogP contribution in [0.15, 0.2) is 48.5 Å². The molecule has 0 saturated carbocycles. The number of nitrogens with zero attached hydrogens (tertiary/aromatic N) is 2. The minimum Gasteiger partial charge on any atom is -0.363 e. The maximum Gasteiger partial charge on any atom is 0.246 e. The summed E-state index contributed by atoms with van der Waals surface area (Å²) in [5.74, 6) is 10.1. The van der Waals surface area contributed by atoms with Crippen LogP contribution in [0.1, 0.15) is 128 Å². The van der Waals surface area contributed by atoms with Crippen LogP contribution in [0, 0.1) is 34.5 Å². The number of nitrogens with one attached hydrogen (secondary N) is 6. The number of carbonyl (C=O) groups excluding carboxylic acids is 6. The summed E-state index contributed by atoms with van der Waals surface area (Å²) in [5, 5.41) is 18.2. The zero-order chi connectivity index (χ0) is 52.3. The molecule has 2 fully saturated rings. The Morgan fingerprint density at radius 3 is 1.33 bits per heavy atom. The Kier molecular flexibility index (Phi) is 19.1. The maximum absolute atomic E-state index is 14.2. The first-order chi connectivity index (χ1) is 34.2. The number of fused-ring (bicyclic) bond motifs is 2. The Morgan fingerprint density at radius 2 is 0.972 bits per heavy atom. The summed E-state index contributed by atoms with van der Waals surface area (Å²) in [6.07, 6.45) is 4.42. The predicted octanol–water partition coefficient (Wildman–Crippen LogP) is 3.63. The molecule has 16 heteroatoms. The highest BCUT2D eigenvalue weighted by Crippen LogP contribution is 2.35. The molecule has 16 nitrogen and oxygen atoms in total. The second-order valence-electron chi connectivity index (χ2n) is 21.8. The molecule has 2 aliphatic heterocycles. The van der Waals surface area contributed by atoms with E-state index in [2.05, 4.69) is 67.7 Å². The molecule has 0 aromatic heterocycles. The molecule has 390 valence electrons. The lowest BCUT2D eigenvalue weighted by atomic mass is 9.85. The van der Waals surface area contributed by atoms with Gasteiger partial charge >= 0.3 is 0 Å². The van der Waals surface area contributed by atoms with E-state index < -0.39 is 59.2 Å². The van der Waals surface area contributed by atoms with E-state index in [0.717, 1.165) is 35.1 Å². The summed E-state index contributed by atoms with van der Waals surface area (Å²) in [4.78, 5) is 85.7. The van der Waals surface area contributed by atoms with Crippen LogP contribution in [-0.4, -0.2) is 134 Å². The van der Waals surface area contributed by atoms with Crippen LogP contribution in [-0.2, 0) is 51.1 Å². The smallest absolute Gasteiger partial charge is 0.246 e. The van der Waals surface area contributed by atoms with Crippen molar-refractivity contribution < 1.29 is 38.2 Å². The fraction of sp³-hybridized carbons (Fsp3) is 0.607. The second-order valence-corrected chi connectivity index (χ2v) is 21.8. The number of benzene rings is 2. The van der Waals surface area contributed by atoms with Crippen LogP contribution in [0.5, 0.6) is 0 Å². The molecule has 0 spiro atoms. The lowest BCUT2D eigenvalue weighted by molar-refractivity contribution is -0.144. The van der Waals surface area contributed by atoms with E-state index >= 15 is 0 Å². The van der Waals surface area contributed by atoms with Crippen molar-refractivity contribution in [3.63, 3.8) is 0 Å². The van der Waals surface area contributed by atoms with Gasteiger partial charge in [0.05, 0.1) is 36.4 Å². The molecule has 6 amide bonds. The molecule has 10 atom stereocenters. The number of rotatable bonds is 16. The molecule has 2 aliphatic carbocycles. The SMILES string of the molecule is CN[C@@H](C)C(=O)N[C@H](C(=O)N1CCC[C@H]1C(=O)N[C@H]1c2ccccc2CC[C@@H]1OCC#CC#CCO[C@H]1CCc2ccccc2[C@@H]1NC(=O)[C@@H]1CCCN1C(=O)[C@@H](NC(=O)[C@H](C)NC)C(C)(C)C)C(C)(C)C. The highest BCUT2D eigenvalue weighted by atomic mass is 16.5. The molecule has 0 radical (unpaired) electrons. The van der Waals surface area contributed by atoms with Gasteiger partial charge in [-0.15, -0.1) is 0 Å². The number of aryl methyl sites for hydroxylation is 2. The quantitative estimate of drug-likeness (QED) is 0.135. The average molecular weight is 991 g/mol. The van der Waals surface area contributed by atoms with Gasteiger partial charge in [0.2, 0.25) is 35.4 Å². The van der Waals surface area contributed by atoms with Crippen molar-refractivity contribution in [2.75, 3.05) is 40.4 Å². The molecular weight excluding hydrogens is 913 g/mol. The molecule has 72 heavy (non-hydrogen) atoms. The minimum atomic E-state index is -0.820. The third kappa shape index (κ3) is 13.6. The lowest BCUT2D eigenvalue weighted by Crippen LogP contribution is -2.59. The van der Waals surface area contributed by atoms with Gasteiger partial charge < -0.3 is 51.2 Å². The Morgan fingerprint density at radius 1 is 0.597 bits per heavy atom. The molecular formula is C56H78N8O8. The highest BCUT2D eigenvalue weighted by molar-refractivity contribution is 5.95. The molecule has 4 aliphatic rings. The average Bonchev–Trinajstić information content (AvgIpc) is 4.07. The first-order valence-electron chi connectivity index (χ1n) is 25.8. The van der Waals surface area contributed by atoms with Crippen molar-refractivity contribution in [2.24, 2.45) is 10.8 Å². The molecule has 2 saturated heterocycles. The Balaban J connectivity index is 1.07. The van der Waals surface area contributed by atoms with Crippen LogP contribution in [0.3, 0.4) is 0 Å². The van der Waals surface area contributed by atoms with Crippen LogP contribution < -0.4 is 31.9 Å². The molecule has 0 unspecified atom stereocenters. The number of hydrogen-bond acceptors (Lipinski definition) is 10. The van der Waals surface area contributed by atoms with E-state index in [0.29, 0.717) is 51.6 Å². The fourth-order valence-corrected chi connectivity index (χ4v) is 10.1. The van der Waals surface area contributed by atoms with E-state index in [1.807, 2.05) is 77.9 Å². The van der Waals surface area contributed by atoms with Gasteiger partial charge in [0, 0.05) is 13.1 Å². The Labute approximate surface area is 427 Å². The standard InChI is InChI=1S/C56H78N8O8/c1-35(57-9)49(65)61-47(55(3,4)5)53(69)63-31-19-25-41(63)51(67)59-45-39-23-15-13-21-37(39)27-29-43(45)71-33-17-11-12-18-34-72-44-30-28-38-22-14-16-24-40(38)46(44)60-52(68)42-26-20-32-64(42)54(70)48(56(6,7)8)62-50(66)36(2)58-10/h13-16,21-24,35-36,41-48,57-58H,19-20,25-34H2,1-10H3,(H,59,67)(H,60,68)(H,61,65)(H,62,66)/t35-,36-,41-,42-,43-,44-,45-,46-,47+,48+/m0/s1. The number of amides is 6. The lowest BCUT2D eigenvalue weighted by Gasteiger charge is -2.37. The van der Waals surface area contributed by atoms with Crippen LogP contribution in [0.2, 0.25) is 0 Å². The molecule has 2 aromatic carbocycles. The van der Waals surface area contributed by atoms with Crippen LogP contribution >= 0.6 is 0 Å². The van der Waals surface area contributed by atoms with Crippen LogP contribution in [0.25, 0.3) is 0 Å². The van der Waals surface area contributed by atoms with Gasteiger partial charge in [-0.25, -0.2) is 0 Å². The summed E-state index contributed by atoms with van der Waals surface area (Å²) >= 11 is 0. The molecule has 6 N–H and O–H groups in total. The molecule has 0 bridgehead atoms. The number of hydrogen-bond donors (Lipinski definition) is 6. The Bertz CT molecular complexity index is 2240.